The molecule has 2 aliphatic heterocycles. The van der Waals surface area contributed by atoms with Crippen molar-refractivity contribution in [2.45, 2.75) is 51.5 Å². The van der Waals surface area contributed by atoms with E-state index in [2.05, 4.69) is 22.5 Å². The van der Waals surface area contributed by atoms with Gasteiger partial charge in [-0.25, -0.2) is 0 Å². The van der Waals surface area contributed by atoms with Gasteiger partial charge in [-0.05, 0) is 69.5 Å². The molecule has 0 aromatic carbocycles. The van der Waals surface area contributed by atoms with Crippen molar-refractivity contribution < 1.29 is 4.79 Å². The first-order chi connectivity index (χ1) is 10.2. The van der Waals surface area contributed by atoms with Gasteiger partial charge in [-0.15, -0.1) is 0 Å². The van der Waals surface area contributed by atoms with E-state index in [0.29, 0.717) is 24.2 Å². The Bertz CT molecular complexity index is 350. The van der Waals surface area contributed by atoms with Gasteiger partial charge in [0.05, 0.1) is 0 Å². The van der Waals surface area contributed by atoms with Crippen LogP contribution in [0.25, 0.3) is 0 Å². The Labute approximate surface area is 129 Å². The molecule has 0 radical (unpaired) electrons. The van der Waals surface area contributed by atoms with E-state index >= 15 is 0 Å². The molecule has 3 unspecified atom stereocenters. The van der Waals surface area contributed by atoms with Crippen LogP contribution in [0.1, 0.15) is 45.4 Å². The molecular formula is C17H31N3O. The molecule has 1 amide bonds. The molecule has 0 spiro atoms. The lowest BCUT2D eigenvalue weighted by atomic mass is 9.85. The fourth-order valence-corrected chi connectivity index (χ4v) is 3.95. The molecule has 2 heterocycles. The maximum absolute atomic E-state index is 12.1. The van der Waals surface area contributed by atoms with Crippen molar-refractivity contribution in [1.82, 2.24) is 15.5 Å². The lowest BCUT2D eigenvalue weighted by molar-refractivity contribution is -0.122. The number of hydrogen-bond acceptors (Lipinski definition) is 3. The average molecular weight is 293 g/mol. The molecule has 4 nitrogen and oxygen atoms in total. The monoisotopic (exact) mass is 293 g/mol. The standard InChI is InChI=1S/C17H31N3O/c1-13(15-3-2-7-18-11-15)9-17(21)19-10-14-6-8-20(12-14)16-4-5-16/h13-16,18H,2-12H2,1H3,(H,19,21). The van der Waals surface area contributed by atoms with Crippen LogP contribution in [0.3, 0.4) is 0 Å². The summed E-state index contributed by atoms with van der Waals surface area (Å²) < 4.78 is 0. The van der Waals surface area contributed by atoms with Crippen molar-refractivity contribution in [2.75, 3.05) is 32.7 Å². The van der Waals surface area contributed by atoms with Gasteiger partial charge in [0.15, 0.2) is 0 Å². The Morgan fingerprint density at radius 3 is 2.90 bits per heavy atom. The average Bonchev–Trinajstić information content (AvgIpc) is 3.25. The SMILES string of the molecule is CC(CC(=O)NCC1CCN(C2CC2)C1)C1CCCNC1. The maximum atomic E-state index is 12.1. The lowest BCUT2D eigenvalue weighted by Crippen LogP contribution is -2.36. The summed E-state index contributed by atoms with van der Waals surface area (Å²) in [6.45, 7) is 7.81. The van der Waals surface area contributed by atoms with Crippen LogP contribution in [-0.4, -0.2) is 49.6 Å². The Morgan fingerprint density at radius 2 is 2.19 bits per heavy atom. The number of nitrogens with one attached hydrogen (secondary N) is 2. The molecule has 3 fully saturated rings. The van der Waals surface area contributed by atoms with Crippen LogP contribution in [0.2, 0.25) is 0 Å². The minimum Gasteiger partial charge on any atom is -0.356 e. The molecular weight excluding hydrogens is 262 g/mol. The van der Waals surface area contributed by atoms with Crippen LogP contribution in [0, 0.1) is 17.8 Å². The third kappa shape index (κ3) is 4.43. The number of likely N-dealkylation sites (tertiary alicyclic amines) is 1. The van der Waals surface area contributed by atoms with Gasteiger partial charge in [-0.2, -0.15) is 0 Å². The smallest absolute Gasteiger partial charge is 0.220 e. The van der Waals surface area contributed by atoms with Gasteiger partial charge in [0.25, 0.3) is 0 Å². The normalized spacial score (nSPS) is 32.0. The third-order valence-electron chi connectivity index (χ3n) is 5.62. The summed E-state index contributed by atoms with van der Waals surface area (Å²) in [5.41, 5.74) is 0. The molecule has 3 rings (SSSR count). The highest BCUT2D eigenvalue weighted by Crippen LogP contribution is 2.31. The van der Waals surface area contributed by atoms with Crippen molar-refractivity contribution >= 4 is 5.91 Å². The van der Waals surface area contributed by atoms with Crippen LogP contribution in [0.4, 0.5) is 0 Å². The first kappa shape index (κ1) is 15.3. The predicted molar refractivity (Wildman–Crippen MR) is 85.1 cm³/mol. The predicted octanol–water partition coefficient (Wildman–Crippen LogP) is 1.61. The molecule has 0 aromatic rings. The van der Waals surface area contributed by atoms with Crippen molar-refractivity contribution in [3.05, 3.63) is 0 Å². The van der Waals surface area contributed by atoms with E-state index < -0.39 is 0 Å². The van der Waals surface area contributed by atoms with E-state index in [0.717, 1.165) is 25.7 Å². The zero-order valence-electron chi connectivity index (χ0n) is 13.4. The van der Waals surface area contributed by atoms with E-state index in [1.807, 2.05) is 0 Å². The van der Waals surface area contributed by atoms with E-state index in [4.69, 9.17) is 0 Å². The van der Waals surface area contributed by atoms with Crippen molar-refractivity contribution in [2.24, 2.45) is 17.8 Å². The van der Waals surface area contributed by atoms with Crippen LogP contribution in [0.15, 0.2) is 0 Å². The highest BCUT2D eigenvalue weighted by molar-refractivity contribution is 5.76. The van der Waals surface area contributed by atoms with Gasteiger partial charge in [0.2, 0.25) is 5.91 Å². The number of carbonyl (C=O) groups excluding carboxylic acids is 1. The molecule has 0 bridgehead atoms. The summed E-state index contributed by atoms with van der Waals surface area (Å²) in [6, 6.07) is 0.879. The zero-order chi connectivity index (χ0) is 14.7. The summed E-state index contributed by atoms with van der Waals surface area (Å²) in [5.74, 6) is 2.13. The molecule has 21 heavy (non-hydrogen) atoms. The van der Waals surface area contributed by atoms with Gasteiger partial charge in [-0.1, -0.05) is 6.92 Å². The number of rotatable bonds is 6. The van der Waals surface area contributed by atoms with E-state index in [1.165, 1.54) is 45.2 Å². The number of nitrogens with zero attached hydrogens (tertiary/aromatic N) is 1. The summed E-state index contributed by atoms with van der Waals surface area (Å²) >= 11 is 0. The molecule has 1 aliphatic carbocycles. The topological polar surface area (TPSA) is 44.4 Å². The summed E-state index contributed by atoms with van der Waals surface area (Å²) in [6.07, 6.45) is 7.29. The fraction of sp³-hybridized carbons (Fsp3) is 0.941. The van der Waals surface area contributed by atoms with Gasteiger partial charge in [0.1, 0.15) is 0 Å². The van der Waals surface area contributed by atoms with Crippen molar-refractivity contribution in [3.8, 4) is 0 Å². The molecule has 2 N–H and O–H groups in total. The number of piperidine rings is 1. The van der Waals surface area contributed by atoms with Crippen molar-refractivity contribution in [3.63, 3.8) is 0 Å². The van der Waals surface area contributed by atoms with Crippen LogP contribution >= 0.6 is 0 Å². The van der Waals surface area contributed by atoms with Gasteiger partial charge in [0, 0.05) is 25.6 Å². The molecule has 3 atom stereocenters. The van der Waals surface area contributed by atoms with Gasteiger partial charge >= 0.3 is 0 Å². The summed E-state index contributed by atoms with van der Waals surface area (Å²) in [4.78, 5) is 14.8. The molecule has 1 saturated carbocycles. The highest BCUT2D eigenvalue weighted by Gasteiger charge is 2.34. The molecule has 3 aliphatic rings. The second kappa shape index (κ2) is 7.10. The van der Waals surface area contributed by atoms with Gasteiger partial charge < -0.3 is 15.5 Å². The zero-order valence-corrected chi connectivity index (χ0v) is 13.4. The molecule has 120 valence electrons. The Morgan fingerprint density at radius 1 is 1.33 bits per heavy atom. The highest BCUT2D eigenvalue weighted by atomic mass is 16.1. The first-order valence-electron chi connectivity index (χ1n) is 8.94. The Hall–Kier alpha value is -0.610. The summed E-state index contributed by atoms with van der Waals surface area (Å²) in [5, 5.41) is 6.64. The van der Waals surface area contributed by atoms with E-state index in [1.54, 1.807) is 0 Å². The Balaban J connectivity index is 1.32. The van der Waals surface area contributed by atoms with Crippen LogP contribution < -0.4 is 10.6 Å². The molecule has 2 saturated heterocycles. The van der Waals surface area contributed by atoms with E-state index in [9.17, 15) is 4.79 Å². The Kier molecular flexibility index (Phi) is 5.17. The minimum atomic E-state index is 0.262. The van der Waals surface area contributed by atoms with Crippen LogP contribution in [0.5, 0.6) is 0 Å². The minimum absolute atomic E-state index is 0.262. The quantitative estimate of drug-likeness (QED) is 0.782. The maximum Gasteiger partial charge on any atom is 0.220 e. The summed E-state index contributed by atoms with van der Waals surface area (Å²) in [7, 11) is 0. The second-order valence-corrected chi connectivity index (χ2v) is 7.47. The fourth-order valence-electron chi connectivity index (χ4n) is 3.95. The number of amides is 1. The lowest BCUT2D eigenvalue weighted by Gasteiger charge is -2.28. The van der Waals surface area contributed by atoms with E-state index in [-0.39, 0.29) is 5.91 Å². The third-order valence-corrected chi connectivity index (χ3v) is 5.62. The number of carbonyl (C=O) groups is 1. The first-order valence-corrected chi connectivity index (χ1v) is 8.94. The van der Waals surface area contributed by atoms with Crippen molar-refractivity contribution in [1.29, 1.82) is 0 Å². The van der Waals surface area contributed by atoms with Crippen LogP contribution in [-0.2, 0) is 4.79 Å². The molecule has 4 heteroatoms. The van der Waals surface area contributed by atoms with Gasteiger partial charge in [-0.3, -0.25) is 4.79 Å². The largest absolute Gasteiger partial charge is 0.356 e. The number of hydrogen-bond donors (Lipinski definition) is 2. The molecule has 0 aromatic heterocycles. The second-order valence-electron chi connectivity index (χ2n) is 7.47.